The Hall–Kier alpha value is -4.21. The molecule has 0 radical (unpaired) electrons. The smallest absolute Gasteiger partial charge is 0.336 e. The summed E-state index contributed by atoms with van der Waals surface area (Å²) < 4.78 is 5.37. The van der Waals surface area contributed by atoms with Crippen molar-refractivity contribution in [1.82, 2.24) is 0 Å². The summed E-state index contributed by atoms with van der Waals surface area (Å²) in [4.78, 5) is 57.7. The van der Waals surface area contributed by atoms with Crippen molar-refractivity contribution in [2.24, 2.45) is 0 Å². The van der Waals surface area contributed by atoms with E-state index in [9.17, 15) is 24.0 Å². The van der Waals surface area contributed by atoms with Crippen molar-refractivity contribution in [3.05, 3.63) is 56.7 Å². The number of carboxylic acids is 4. The third-order valence-corrected chi connectivity index (χ3v) is 3.87. The van der Waals surface area contributed by atoms with Crippen molar-refractivity contribution < 1.29 is 44.0 Å². The van der Waals surface area contributed by atoms with Crippen LogP contribution in [0.25, 0.3) is 21.9 Å². The number of carboxylic acid groups (broad SMARTS) is 4. The zero-order chi connectivity index (χ0) is 20.0. The Morgan fingerprint density at radius 1 is 0.593 bits per heavy atom. The molecule has 0 bridgehead atoms. The van der Waals surface area contributed by atoms with Gasteiger partial charge in [0.15, 0.2) is 0 Å². The van der Waals surface area contributed by atoms with Gasteiger partial charge in [-0.25, -0.2) is 19.2 Å². The van der Waals surface area contributed by atoms with Gasteiger partial charge in [0.05, 0.1) is 33.0 Å². The fourth-order valence-corrected chi connectivity index (χ4v) is 2.65. The van der Waals surface area contributed by atoms with Crippen molar-refractivity contribution >= 4 is 45.8 Å². The van der Waals surface area contributed by atoms with E-state index in [1.54, 1.807) is 0 Å². The average Bonchev–Trinajstić information content (AvgIpc) is 2.59. The van der Waals surface area contributed by atoms with Crippen LogP contribution in [0.1, 0.15) is 41.4 Å². The lowest BCUT2D eigenvalue weighted by molar-refractivity contribution is 0.0651. The minimum absolute atomic E-state index is 0.283. The van der Waals surface area contributed by atoms with E-state index in [-0.39, 0.29) is 21.9 Å². The van der Waals surface area contributed by atoms with Gasteiger partial charge in [-0.3, -0.25) is 4.79 Å². The number of fused-ring (bicyclic) bond motifs is 2. The topological polar surface area (TPSA) is 179 Å². The molecule has 27 heavy (non-hydrogen) atoms. The number of rotatable bonds is 4. The summed E-state index contributed by atoms with van der Waals surface area (Å²) in [6.45, 7) is 0. The van der Waals surface area contributed by atoms with E-state index in [0.717, 1.165) is 24.3 Å². The SMILES string of the molecule is O=C(O)c1cc2oc3cc(C(=O)O)c(C(=O)O)cc3c(=O)c2cc1C(=O)O. The van der Waals surface area contributed by atoms with E-state index >= 15 is 0 Å². The van der Waals surface area contributed by atoms with E-state index < -0.39 is 51.6 Å². The lowest BCUT2D eigenvalue weighted by atomic mass is 10.0. The fraction of sp³-hybridized carbons (Fsp3) is 0. The predicted octanol–water partition coefficient (Wildman–Crippen LogP) is 1.74. The molecule has 2 aromatic carbocycles. The van der Waals surface area contributed by atoms with Crippen molar-refractivity contribution in [1.29, 1.82) is 0 Å². The predicted molar refractivity (Wildman–Crippen MR) is 87.8 cm³/mol. The van der Waals surface area contributed by atoms with Gasteiger partial charge in [0.1, 0.15) is 11.2 Å². The highest BCUT2D eigenvalue weighted by Crippen LogP contribution is 2.25. The summed E-state index contributed by atoms with van der Waals surface area (Å²) in [6, 6.07) is 3.32. The number of aromatic carboxylic acids is 4. The van der Waals surface area contributed by atoms with Crippen molar-refractivity contribution in [3.8, 4) is 0 Å². The molecule has 3 aromatic rings. The summed E-state index contributed by atoms with van der Waals surface area (Å²) in [5, 5.41) is 36.0. The molecule has 136 valence electrons. The number of carbonyl (C=O) groups is 4. The number of hydrogen-bond donors (Lipinski definition) is 4. The minimum atomic E-state index is -1.58. The summed E-state index contributed by atoms with van der Waals surface area (Å²) >= 11 is 0. The summed E-state index contributed by atoms with van der Waals surface area (Å²) in [5.41, 5.74) is -3.95. The molecule has 0 fully saturated rings. The maximum atomic E-state index is 12.7. The molecular weight excluding hydrogens is 364 g/mol. The maximum absolute atomic E-state index is 12.7. The number of hydrogen-bond acceptors (Lipinski definition) is 6. The van der Waals surface area contributed by atoms with Crippen LogP contribution in [0.15, 0.2) is 33.5 Å². The molecule has 0 spiro atoms. The van der Waals surface area contributed by atoms with Crippen LogP contribution in [0.3, 0.4) is 0 Å². The Balaban J connectivity index is 2.51. The van der Waals surface area contributed by atoms with Crippen molar-refractivity contribution in [2.45, 2.75) is 0 Å². The molecule has 1 heterocycles. The van der Waals surface area contributed by atoms with Gasteiger partial charge >= 0.3 is 23.9 Å². The Morgan fingerprint density at radius 3 is 1.19 bits per heavy atom. The van der Waals surface area contributed by atoms with Gasteiger partial charge in [-0.1, -0.05) is 0 Å². The lowest BCUT2D eigenvalue weighted by Gasteiger charge is -2.08. The zero-order valence-electron chi connectivity index (χ0n) is 13.0. The second-order valence-electron chi connectivity index (χ2n) is 5.44. The van der Waals surface area contributed by atoms with Crippen LogP contribution < -0.4 is 5.43 Å². The first-order valence-corrected chi connectivity index (χ1v) is 7.13. The average molecular weight is 372 g/mol. The van der Waals surface area contributed by atoms with Gasteiger partial charge in [-0.15, -0.1) is 0 Å². The van der Waals surface area contributed by atoms with E-state index in [2.05, 4.69) is 0 Å². The highest BCUT2D eigenvalue weighted by atomic mass is 16.4. The highest BCUT2D eigenvalue weighted by Gasteiger charge is 2.23. The van der Waals surface area contributed by atoms with E-state index in [1.165, 1.54) is 0 Å². The van der Waals surface area contributed by atoms with Crippen LogP contribution in [0, 0.1) is 0 Å². The molecule has 0 aliphatic heterocycles. The van der Waals surface area contributed by atoms with Gasteiger partial charge in [0.25, 0.3) is 0 Å². The molecule has 4 N–H and O–H groups in total. The molecule has 1 aromatic heterocycles. The molecular formula is C17H8O10. The highest BCUT2D eigenvalue weighted by molar-refractivity contribution is 6.08. The monoisotopic (exact) mass is 372 g/mol. The van der Waals surface area contributed by atoms with Gasteiger partial charge in [-0.2, -0.15) is 0 Å². The van der Waals surface area contributed by atoms with Crippen molar-refractivity contribution in [2.75, 3.05) is 0 Å². The quantitative estimate of drug-likeness (QED) is 0.493. The Kier molecular flexibility index (Phi) is 3.88. The molecule has 0 unspecified atom stereocenters. The largest absolute Gasteiger partial charge is 0.478 e. The van der Waals surface area contributed by atoms with Crippen LogP contribution in [-0.2, 0) is 0 Å². The summed E-state index contributed by atoms with van der Waals surface area (Å²) in [6.07, 6.45) is 0. The van der Waals surface area contributed by atoms with E-state index in [0.29, 0.717) is 0 Å². The van der Waals surface area contributed by atoms with Gasteiger partial charge in [0.2, 0.25) is 5.43 Å². The third kappa shape index (κ3) is 2.74. The number of benzene rings is 2. The molecule has 0 saturated heterocycles. The van der Waals surface area contributed by atoms with Crippen molar-refractivity contribution in [3.63, 3.8) is 0 Å². The molecule has 3 rings (SSSR count). The first-order valence-electron chi connectivity index (χ1n) is 7.13. The molecule has 0 aliphatic rings. The maximum Gasteiger partial charge on any atom is 0.336 e. The molecule has 10 heteroatoms. The Labute approximate surface area is 147 Å². The third-order valence-electron chi connectivity index (χ3n) is 3.87. The van der Waals surface area contributed by atoms with Crippen LogP contribution in [0.2, 0.25) is 0 Å². The Morgan fingerprint density at radius 2 is 0.889 bits per heavy atom. The second kappa shape index (κ2) is 5.95. The van der Waals surface area contributed by atoms with Crippen LogP contribution >= 0.6 is 0 Å². The van der Waals surface area contributed by atoms with Gasteiger partial charge in [-0.05, 0) is 24.3 Å². The molecule has 0 amide bonds. The Bertz CT molecular complexity index is 1160. The first kappa shape index (κ1) is 17.6. The molecule has 10 nitrogen and oxygen atoms in total. The normalized spacial score (nSPS) is 10.8. The fourth-order valence-electron chi connectivity index (χ4n) is 2.65. The summed E-state index contributed by atoms with van der Waals surface area (Å²) in [7, 11) is 0. The van der Waals surface area contributed by atoms with Crippen LogP contribution in [-0.4, -0.2) is 44.3 Å². The van der Waals surface area contributed by atoms with Gasteiger partial charge in [0, 0.05) is 0 Å². The molecule has 0 atom stereocenters. The molecule has 0 aliphatic carbocycles. The minimum Gasteiger partial charge on any atom is -0.478 e. The lowest BCUT2D eigenvalue weighted by Crippen LogP contribution is -2.13. The summed E-state index contributed by atoms with van der Waals surface area (Å²) in [5.74, 6) is -6.29. The zero-order valence-corrected chi connectivity index (χ0v) is 13.0. The van der Waals surface area contributed by atoms with E-state index in [1.807, 2.05) is 0 Å². The van der Waals surface area contributed by atoms with E-state index in [4.69, 9.17) is 24.8 Å². The first-order chi connectivity index (χ1) is 12.6. The van der Waals surface area contributed by atoms with Gasteiger partial charge < -0.3 is 24.8 Å². The molecule has 0 saturated carbocycles. The standard InChI is InChI=1S/C17H8O10/c18-13-9-1-5(14(19)20)7(16(23)24)3-11(9)27-12-4-8(17(25)26)6(15(21)22)2-10(12)13/h1-4H,(H,19,20)(H,21,22)(H,23,24)(H,25,26). The second-order valence-corrected chi connectivity index (χ2v) is 5.44. The van der Waals surface area contributed by atoms with Crippen LogP contribution in [0.5, 0.6) is 0 Å². The van der Waals surface area contributed by atoms with Crippen LogP contribution in [0.4, 0.5) is 0 Å².